The highest BCUT2D eigenvalue weighted by atomic mass is 16.6. The van der Waals surface area contributed by atoms with E-state index >= 15 is 0 Å². The second kappa shape index (κ2) is 5.04. The van der Waals surface area contributed by atoms with Crippen molar-refractivity contribution in [1.29, 1.82) is 0 Å². The molecule has 0 unspecified atom stereocenters. The minimum atomic E-state index is -0.238. The summed E-state index contributed by atoms with van der Waals surface area (Å²) in [6.07, 6.45) is 0.259. The van der Waals surface area contributed by atoms with Crippen molar-refractivity contribution in [1.82, 2.24) is 0 Å². The first kappa shape index (κ1) is 10.3. The molecular formula is C9H16O5. The fraction of sp³-hybridized carbons (Fsp3) is 1.00. The van der Waals surface area contributed by atoms with Crippen molar-refractivity contribution in [3.8, 4) is 0 Å². The third kappa shape index (κ3) is 3.89. The molecule has 0 aliphatic carbocycles. The first-order valence-electron chi connectivity index (χ1n) is 4.92. The average molecular weight is 204 g/mol. The van der Waals surface area contributed by atoms with Crippen molar-refractivity contribution in [3.05, 3.63) is 0 Å². The summed E-state index contributed by atoms with van der Waals surface area (Å²) in [5.41, 5.74) is 0. The van der Waals surface area contributed by atoms with Crippen LogP contribution in [-0.2, 0) is 18.9 Å². The van der Waals surface area contributed by atoms with Gasteiger partial charge in [-0.15, -0.1) is 0 Å². The molecule has 2 aliphatic rings. The van der Waals surface area contributed by atoms with E-state index in [1.54, 1.807) is 0 Å². The van der Waals surface area contributed by atoms with Crippen LogP contribution in [0.2, 0.25) is 0 Å². The number of epoxide rings is 2. The Balaban J connectivity index is 1.49. The maximum atomic E-state index is 8.96. The van der Waals surface area contributed by atoms with E-state index in [1.807, 2.05) is 0 Å². The zero-order valence-electron chi connectivity index (χ0n) is 8.05. The molecule has 0 aromatic heterocycles. The zero-order valence-corrected chi connectivity index (χ0v) is 8.05. The van der Waals surface area contributed by atoms with Crippen LogP contribution in [-0.4, -0.2) is 63.1 Å². The summed E-state index contributed by atoms with van der Waals surface area (Å²) in [5, 5.41) is 8.96. The van der Waals surface area contributed by atoms with Gasteiger partial charge in [-0.25, -0.2) is 0 Å². The van der Waals surface area contributed by atoms with Gasteiger partial charge in [0.2, 0.25) is 0 Å². The Labute approximate surface area is 82.9 Å². The van der Waals surface area contributed by atoms with Gasteiger partial charge in [-0.05, 0) is 0 Å². The molecule has 0 bridgehead atoms. The molecule has 0 aromatic carbocycles. The van der Waals surface area contributed by atoms with E-state index in [0.717, 1.165) is 13.2 Å². The van der Waals surface area contributed by atoms with Crippen LogP contribution in [0.4, 0.5) is 0 Å². The SMILES string of the molecule is OC[C@@H](COC[C@@H]1CO1)OC[C@H]1CO1. The second-order valence-corrected chi connectivity index (χ2v) is 3.59. The first-order valence-corrected chi connectivity index (χ1v) is 4.92. The molecule has 2 aliphatic heterocycles. The minimum absolute atomic E-state index is 0.0156. The second-order valence-electron chi connectivity index (χ2n) is 3.59. The molecule has 0 radical (unpaired) electrons. The smallest absolute Gasteiger partial charge is 0.104 e. The summed E-state index contributed by atoms with van der Waals surface area (Å²) in [4.78, 5) is 0. The number of hydrogen-bond donors (Lipinski definition) is 1. The first-order chi connectivity index (χ1) is 6.88. The molecule has 2 fully saturated rings. The summed E-state index contributed by atoms with van der Waals surface area (Å²) >= 11 is 0. The lowest BCUT2D eigenvalue weighted by Crippen LogP contribution is -2.26. The maximum Gasteiger partial charge on any atom is 0.104 e. The highest BCUT2D eigenvalue weighted by molar-refractivity contribution is 4.70. The van der Waals surface area contributed by atoms with E-state index in [2.05, 4.69) is 0 Å². The fourth-order valence-corrected chi connectivity index (χ4v) is 1.06. The third-order valence-electron chi connectivity index (χ3n) is 2.13. The van der Waals surface area contributed by atoms with E-state index in [9.17, 15) is 0 Å². The van der Waals surface area contributed by atoms with Gasteiger partial charge in [0.15, 0.2) is 0 Å². The van der Waals surface area contributed by atoms with Crippen LogP contribution in [0.1, 0.15) is 0 Å². The molecule has 0 spiro atoms. The van der Waals surface area contributed by atoms with Gasteiger partial charge in [-0.3, -0.25) is 0 Å². The van der Waals surface area contributed by atoms with Gasteiger partial charge in [0.25, 0.3) is 0 Å². The molecule has 3 atom stereocenters. The molecule has 0 saturated carbocycles. The average Bonchev–Trinajstić information content (AvgIpc) is 3.01. The van der Waals surface area contributed by atoms with E-state index in [1.165, 1.54) is 0 Å². The molecule has 2 saturated heterocycles. The van der Waals surface area contributed by atoms with E-state index in [4.69, 9.17) is 24.1 Å². The zero-order chi connectivity index (χ0) is 9.80. The molecule has 14 heavy (non-hydrogen) atoms. The normalized spacial score (nSPS) is 31.5. The molecule has 5 heteroatoms. The molecule has 1 N–H and O–H groups in total. The third-order valence-corrected chi connectivity index (χ3v) is 2.13. The largest absolute Gasteiger partial charge is 0.394 e. The van der Waals surface area contributed by atoms with Gasteiger partial charge in [0.1, 0.15) is 18.3 Å². The highest BCUT2D eigenvalue weighted by Gasteiger charge is 2.25. The Bertz CT molecular complexity index is 167. The Morgan fingerprint density at radius 3 is 2.43 bits per heavy atom. The van der Waals surface area contributed by atoms with Gasteiger partial charge in [0, 0.05) is 0 Å². The van der Waals surface area contributed by atoms with Crippen molar-refractivity contribution >= 4 is 0 Å². The summed E-state index contributed by atoms with van der Waals surface area (Å²) in [5.74, 6) is 0. The van der Waals surface area contributed by atoms with Crippen LogP contribution in [0.15, 0.2) is 0 Å². The summed E-state index contributed by atoms with van der Waals surface area (Å²) in [6.45, 7) is 3.12. The van der Waals surface area contributed by atoms with Gasteiger partial charge in [0.05, 0.1) is 39.6 Å². The molecule has 5 nitrogen and oxygen atoms in total. The fourth-order valence-electron chi connectivity index (χ4n) is 1.06. The lowest BCUT2D eigenvalue weighted by Gasteiger charge is -2.14. The van der Waals surface area contributed by atoms with Crippen LogP contribution in [0.5, 0.6) is 0 Å². The van der Waals surface area contributed by atoms with Crippen LogP contribution in [0, 0.1) is 0 Å². The molecule has 82 valence electrons. The maximum absolute atomic E-state index is 8.96. The van der Waals surface area contributed by atoms with Crippen molar-refractivity contribution in [2.24, 2.45) is 0 Å². The van der Waals surface area contributed by atoms with Crippen LogP contribution >= 0.6 is 0 Å². The number of aliphatic hydroxyl groups is 1. The van der Waals surface area contributed by atoms with Crippen molar-refractivity contribution in [2.75, 3.05) is 39.6 Å². The Kier molecular flexibility index (Phi) is 3.72. The van der Waals surface area contributed by atoms with Gasteiger partial charge in [-0.1, -0.05) is 0 Å². The van der Waals surface area contributed by atoms with Crippen molar-refractivity contribution in [3.63, 3.8) is 0 Å². The number of hydrogen-bond acceptors (Lipinski definition) is 5. The predicted molar refractivity (Wildman–Crippen MR) is 47.1 cm³/mol. The Morgan fingerprint density at radius 2 is 1.86 bits per heavy atom. The van der Waals surface area contributed by atoms with Crippen LogP contribution in [0.25, 0.3) is 0 Å². The quantitative estimate of drug-likeness (QED) is 0.523. The van der Waals surface area contributed by atoms with Gasteiger partial charge in [-0.2, -0.15) is 0 Å². The lowest BCUT2D eigenvalue weighted by atomic mass is 10.4. The number of aliphatic hydroxyl groups excluding tert-OH is 1. The lowest BCUT2D eigenvalue weighted by molar-refractivity contribution is -0.0481. The van der Waals surface area contributed by atoms with Crippen LogP contribution < -0.4 is 0 Å². The van der Waals surface area contributed by atoms with E-state index in [-0.39, 0.29) is 24.9 Å². The number of ether oxygens (including phenoxy) is 4. The topological polar surface area (TPSA) is 63.8 Å². The highest BCUT2D eigenvalue weighted by Crippen LogP contribution is 2.11. The summed E-state index contributed by atoms with van der Waals surface area (Å²) in [6, 6.07) is 0. The minimum Gasteiger partial charge on any atom is -0.394 e. The van der Waals surface area contributed by atoms with E-state index in [0.29, 0.717) is 19.8 Å². The molecule has 0 aromatic rings. The predicted octanol–water partition coefficient (Wildman–Crippen LogP) is -0.822. The summed E-state index contributed by atoms with van der Waals surface area (Å²) in [7, 11) is 0. The Morgan fingerprint density at radius 1 is 1.21 bits per heavy atom. The Hall–Kier alpha value is -0.200. The summed E-state index contributed by atoms with van der Waals surface area (Å²) < 4.78 is 20.7. The van der Waals surface area contributed by atoms with Crippen LogP contribution in [0.3, 0.4) is 0 Å². The monoisotopic (exact) mass is 204 g/mol. The van der Waals surface area contributed by atoms with E-state index < -0.39 is 0 Å². The van der Waals surface area contributed by atoms with Crippen molar-refractivity contribution in [2.45, 2.75) is 18.3 Å². The van der Waals surface area contributed by atoms with Gasteiger partial charge >= 0.3 is 0 Å². The molecule has 0 amide bonds. The molecule has 2 heterocycles. The molecular weight excluding hydrogens is 188 g/mol. The van der Waals surface area contributed by atoms with Crippen molar-refractivity contribution < 1.29 is 24.1 Å². The standard InChI is InChI=1S/C9H16O5/c10-1-7(12-5-9-6-14-9)2-11-3-8-4-13-8/h7-10H,1-6H2/t7-,8+,9-/m0/s1. The molecule has 2 rings (SSSR count). The number of rotatable bonds is 8. The van der Waals surface area contributed by atoms with Gasteiger partial charge < -0.3 is 24.1 Å².